The highest BCUT2D eigenvalue weighted by Gasteiger charge is 2.02. The second-order valence-corrected chi connectivity index (χ2v) is 4.50. The van der Waals surface area contributed by atoms with Crippen LogP contribution in [0.4, 0.5) is 0 Å². The number of unbranched alkanes of at least 4 members (excludes halogenated alkanes) is 1. The Morgan fingerprint density at radius 1 is 1.30 bits per heavy atom. The summed E-state index contributed by atoms with van der Waals surface area (Å²) in [7, 11) is 3.21. The number of rotatable bonds is 7. The lowest BCUT2D eigenvalue weighted by molar-refractivity contribution is 0.355. The molecule has 5 nitrogen and oxygen atoms in total. The maximum atomic E-state index is 5.22. The summed E-state index contributed by atoms with van der Waals surface area (Å²) < 4.78 is 10.4. The highest BCUT2D eigenvalue weighted by Crippen LogP contribution is 2.26. The molecule has 0 spiro atoms. The Bertz CT molecular complexity index is 464. The number of hydrazone groups is 1. The number of nitrogens with zero attached hydrogens (tertiary/aromatic N) is 1. The molecule has 0 heterocycles. The summed E-state index contributed by atoms with van der Waals surface area (Å²) in [5.41, 5.74) is 3.67. The van der Waals surface area contributed by atoms with E-state index in [-0.39, 0.29) is 0 Å². The van der Waals surface area contributed by atoms with Gasteiger partial charge in [0.1, 0.15) is 0 Å². The van der Waals surface area contributed by atoms with Gasteiger partial charge in [0.2, 0.25) is 0 Å². The summed E-state index contributed by atoms with van der Waals surface area (Å²) in [4.78, 5) is 0. The van der Waals surface area contributed by atoms with Crippen molar-refractivity contribution in [2.45, 2.75) is 19.8 Å². The number of benzene rings is 1. The van der Waals surface area contributed by atoms with Crippen LogP contribution in [0.1, 0.15) is 25.3 Å². The third kappa shape index (κ3) is 5.44. The fourth-order valence-electron chi connectivity index (χ4n) is 1.52. The van der Waals surface area contributed by atoms with Crippen molar-refractivity contribution in [1.82, 2.24) is 10.7 Å². The molecule has 1 aromatic rings. The fourth-order valence-corrected chi connectivity index (χ4v) is 1.67. The first-order valence-corrected chi connectivity index (χ1v) is 6.91. The van der Waals surface area contributed by atoms with Crippen LogP contribution in [0.15, 0.2) is 23.3 Å². The van der Waals surface area contributed by atoms with Crippen molar-refractivity contribution in [2.24, 2.45) is 5.10 Å². The van der Waals surface area contributed by atoms with E-state index in [1.54, 1.807) is 20.4 Å². The lowest BCUT2D eigenvalue weighted by atomic mass is 10.2. The average Bonchev–Trinajstić information content (AvgIpc) is 2.47. The van der Waals surface area contributed by atoms with E-state index < -0.39 is 0 Å². The molecule has 0 fully saturated rings. The lowest BCUT2D eigenvalue weighted by Crippen LogP contribution is -2.32. The Labute approximate surface area is 125 Å². The SMILES string of the molecule is CCCCNC(=S)NN=Cc1ccc(OC)c(OC)c1. The van der Waals surface area contributed by atoms with Gasteiger partial charge in [0, 0.05) is 6.54 Å². The van der Waals surface area contributed by atoms with Gasteiger partial charge in [-0.2, -0.15) is 5.10 Å². The Hall–Kier alpha value is -1.82. The summed E-state index contributed by atoms with van der Waals surface area (Å²) in [6, 6.07) is 5.57. The van der Waals surface area contributed by atoms with Crippen molar-refractivity contribution in [2.75, 3.05) is 20.8 Å². The van der Waals surface area contributed by atoms with Gasteiger partial charge < -0.3 is 14.8 Å². The monoisotopic (exact) mass is 295 g/mol. The van der Waals surface area contributed by atoms with Gasteiger partial charge in [-0.15, -0.1) is 0 Å². The third-order valence-corrected chi connectivity index (χ3v) is 2.84. The lowest BCUT2D eigenvalue weighted by Gasteiger charge is -2.08. The summed E-state index contributed by atoms with van der Waals surface area (Å²) in [6.45, 7) is 2.99. The van der Waals surface area contributed by atoms with Crippen LogP contribution in [-0.4, -0.2) is 32.1 Å². The highest BCUT2D eigenvalue weighted by atomic mass is 32.1. The minimum atomic E-state index is 0.523. The topological polar surface area (TPSA) is 54.9 Å². The van der Waals surface area contributed by atoms with Crippen LogP contribution in [0.2, 0.25) is 0 Å². The largest absolute Gasteiger partial charge is 0.493 e. The Balaban J connectivity index is 2.51. The number of methoxy groups -OCH3 is 2. The van der Waals surface area contributed by atoms with E-state index in [9.17, 15) is 0 Å². The average molecular weight is 295 g/mol. The van der Waals surface area contributed by atoms with Gasteiger partial charge in [-0.3, -0.25) is 5.43 Å². The molecule has 0 aromatic heterocycles. The zero-order chi connectivity index (χ0) is 14.8. The molecule has 0 saturated heterocycles. The van der Waals surface area contributed by atoms with Crippen LogP contribution >= 0.6 is 12.2 Å². The molecule has 6 heteroatoms. The molecule has 0 atom stereocenters. The van der Waals surface area contributed by atoms with Crippen LogP contribution in [0.3, 0.4) is 0 Å². The fraction of sp³-hybridized carbons (Fsp3) is 0.429. The van der Waals surface area contributed by atoms with Crippen molar-refractivity contribution >= 4 is 23.5 Å². The molecule has 0 aliphatic carbocycles. The molecule has 0 radical (unpaired) electrons. The van der Waals surface area contributed by atoms with E-state index in [1.165, 1.54) is 0 Å². The Morgan fingerprint density at radius 2 is 2.05 bits per heavy atom. The molecule has 110 valence electrons. The number of nitrogens with one attached hydrogen (secondary N) is 2. The summed E-state index contributed by atoms with van der Waals surface area (Å²) in [5, 5.41) is 7.67. The summed E-state index contributed by atoms with van der Waals surface area (Å²) in [6.07, 6.45) is 3.89. The van der Waals surface area contributed by atoms with Gasteiger partial charge in [0.15, 0.2) is 16.6 Å². The minimum absolute atomic E-state index is 0.523. The van der Waals surface area contributed by atoms with Crippen LogP contribution in [0.5, 0.6) is 11.5 Å². The van der Waals surface area contributed by atoms with Gasteiger partial charge in [-0.05, 0) is 42.4 Å². The molecule has 0 aliphatic heterocycles. The molecule has 0 amide bonds. The van der Waals surface area contributed by atoms with Gasteiger partial charge in [0.05, 0.1) is 20.4 Å². The number of hydrogen-bond acceptors (Lipinski definition) is 4. The molecule has 2 N–H and O–H groups in total. The zero-order valence-corrected chi connectivity index (χ0v) is 12.9. The van der Waals surface area contributed by atoms with E-state index in [4.69, 9.17) is 21.7 Å². The van der Waals surface area contributed by atoms with Crippen LogP contribution in [-0.2, 0) is 0 Å². The van der Waals surface area contributed by atoms with Crippen molar-refractivity contribution in [3.8, 4) is 11.5 Å². The Kier molecular flexibility index (Phi) is 7.42. The van der Waals surface area contributed by atoms with Crippen molar-refractivity contribution in [3.63, 3.8) is 0 Å². The molecule has 0 bridgehead atoms. The quantitative estimate of drug-likeness (QED) is 0.350. The zero-order valence-electron chi connectivity index (χ0n) is 12.1. The number of thiocarbonyl (C=S) groups is 1. The van der Waals surface area contributed by atoms with Crippen molar-refractivity contribution < 1.29 is 9.47 Å². The maximum absolute atomic E-state index is 5.22. The Morgan fingerprint density at radius 3 is 2.70 bits per heavy atom. The van der Waals surface area contributed by atoms with Gasteiger partial charge in [-0.25, -0.2) is 0 Å². The molecular weight excluding hydrogens is 274 g/mol. The predicted molar refractivity (Wildman–Crippen MR) is 85.8 cm³/mol. The molecule has 20 heavy (non-hydrogen) atoms. The molecule has 0 unspecified atom stereocenters. The molecule has 1 rings (SSSR count). The predicted octanol–water partition coefficient (Wildman–Crippen LogP) is 2.30. The van der Waals surface area contributed by atoms with E-state index >= 15 is 0 Å². The minimum Gasteiger partial charge on any atom is -0.493 e. The molecule has 0 aliphatic rings. The number of ether oxygens (including phenoxy) is 2. The first-order chi connectivity index (χ1) is 9.71. The van der Waals surface area contributed by atoms with Gasteiger partial charge in [-0.1, -0.05) is 13.3 Å². The third-order valence-electron chi connectivity index (χ3n) is 2.60. The normalized spacial score (nSPS) is 10.3. The first kappa shape index (κ1) is 16.2. The first-order valence-electron chi connectivity index (χ1n) is 6.50. The van der Waals surface area contributed by atoms with E-state index in [0.29, 0.717) is 16.6 Å². The smallest absolute Gasteiger partial charge is 0.186 e. The van der Waals surface area contributed by atoms with Crippen LogP contribution in [0.25, 0.3) is 0 Å². The van der Waals surface area contributed by atoms with Crippen LogP contribution in [0, 0.1) is 0 Å². The number of hydrogen-bond donors (Lipinski definition) is 2. The van der Waals surface area contributed by atoms with Crippen molar-refractivity contribution in [3.05, 3.63) is 23.8 Å². The molecular formula is C14H21N3O2S. The van der Waals surface area contributed by atoms with Gasteiger partial charge in [0.25, 0.3) is 0 Å². The standard InChI is InChI=1S/C14H21N3O2S/c1-4-5-8-15-14(20)17-16-10-11-6-7-12(18-2)13(9-11)19-3/h6-7,9-10H,4-5,8H2,1-3H3,(H2,15,17,20). The summed E-state index contributed by atoms with van der Waals surface area (Å²) in [5.74, 6) is 1.36. The van der Waals surface area contributed by atoms with E-state index in [2.05, 4.69) is 22.8 Å². The second kappa shape index (κ2) is 9.14. The highest BCUT2D eigenvalue weighted by molar-refractivity contribution is 7.80. The summed E-state index contributed by atoms with van der Waals surface area (Å²) >= 11 is 5.09. The molecule has 1 aromatic carbocycles. The van der Waals surface area contributed by atoms with Crippen molar-refractivity contribution in [1.29, 1.82) is 0 Å². The van der Waals surface area contributed by atoms with Gasteiger partial charge >= 0.3 is 0 Å². The van der Waals surface area contributed by atoms with E-state index in [1.807, 2.05) is 18.2 Å². The van der Waals surface area contributed by atoms with Crippen LogP contribution < -0.4 is 20.2 Å². The maximum Gasteiger partial charge on any atom is 0.186 e. The second-order valence-electron chi connectivity index (χ2n) is 4.09. The van der Waals surface area contributed by atoms with E-state index in [0.717, 1.165) is 24.9 Å². The molecule has 0 saturated carbocycles.